The van der Waals surface area contributed by atoms with Crippen LogP contribution in [0.4, 0.5) is 0 Å². The summed E-state index contributed by atoms with van der Waals surface area (Å²) < 4.78 is 11.8. The summed E-state index contributed by atoms with van der Waals surface area (Å²) in [6.45, 7) is 18.8. The van der Waals surface area contributed by atoms with Crippen LogP contribution in [0.15, 0.2) is 0 Å². The SMILES string of the molecule is CC[C@H](C)[C@@H]([C@@H](CC(=O)N1CCC[C@H]1C(OC)[C@@H](C)C(=O)N[C@H](C(=O)C(C)C)C(C)O)OC)N(C)C(=O)[C@@H](NC(=O)[C@@H](NC)C(C)C)C(C)C. The molecule has 0 saturated carbocycles. The van der Waals surface area contributed by atoms with Gasteiger partial charge in [-0.2, -0.15) is 0 Å². The van der Waals surface area contributed by atoms with E-state index < -0.39 is 60.3 Å². The molecule has 2 unspecified atom stereocenters. The van der Waals surface area contributed by atoms with E-state index in [1.807, 2.05) is 41.5 Å². The first-order chi connectivity index (χ1) is 23.3. The van der Waals surface area contributed by atoms with E-state index in [0.29, 0.717) is 13.0 Å². The van der Waals surface area contributed by atoms with Crippen LogP contribution in [0.1, 0.15) is 94.9 Å². The lowest BCUT2D eigenvalue weighted by atomic mass is 9.89. The predicted molar refractivity (Wildman–Crippen MR) is 194 cm³/mol. The molecule has 10 atom stereocenters. The van der Waals surface area contributed by atoms with Crippen LogP contribution in [-0.4, -0.2) is 128 Å². The van der Waals surface area contributed by atoms with Gasteiger partial charge in [-0.25, -0.2) is 0 Å². The van der Waals surface area contributed by atoms with Gasteiger partial charge in [0, 0.05) is 33.7 Å². The summed E-state index contributed by atoms with van der Waals surface area (Å²) in [6.07, 6.45) is -0.317. The summed E-state index contributed by atoms with van der Waals surface area (Å²) in [6, 6.07) is -3.15. The molecule has 1 aliphatic heterocycles. The van der Waals surface area contributed by atoms with Crippen molar-refractivity contribution in [2.24, 2.45) is 29.6 Å². The number of Topliss-reactive ketones (excluding diaryl/α,β-unsaturated/α-hetero) is 1. The fourth-order valence-electron chi connectivity index (χ4n) is 7.12. The molecule has 1 rings (SSSR count). The van der Waals surface area contributed by atoms with Gasteiger partial charge in [0.25, 0.3) is 0 Å². The van der Waals surface area contributed by atoms with Gasteiger partial charge in [-0.05, 0) is 44.6 Å². The summed E-state index contributed by atoms with van der Waals surface area (Å²) in [5, 5.41) is 19.0. The van der Waals surface area contributed by atoms with Gasteiger partial charge in [-0.3, -0.25) is 24.0 Å². The molecule has 4 N–H and O–H groups in total. The zero-order chi connectivity index (χ0) is 38.6. The number of ketones is 1. The maximum atomic E-state index is 14.1. The van der Waals surface area contributed by atoms with Crippen LogP contribution < -0.4 is 16.0 Å². The zero-order valence-corrected chi connectivity index (χ0v) is 33.2. The number of amides is 4. The highest BCUT2D eigenvalue weighted by atomic mass is 16.5. The Labute approximate surface area is 301 Å². The van der Waals surface area contributed by atoms with Gasteiger partial charge in [-0.1, -0.05) is 68.7 Å². The third-order valence-electron chi connectivity index (χ3n) is 10.4. The molecule has 0 aliphatic carbocycles. The molecule has 50 heavy (non-hydrogen) atoms. The minimum Gasteiger partial charge on any atom is -0.391 e. The van der Waals surface area contributed by atoms with Crippen LogP contribution in [0, 0.1) is 29.6 Å². The Balaban J connectivity index is 3.28. The van der Waals surface area contributed by atoms with E-state index in [9.17, 15) is 29.1 Å². The van der Waals surface area contributed by atoms with E-state index in [1.54, 1.807) is 44.7 Å². The van der Waals surface area contributed by atoms with Crippen molar-refractivity contribution in [1.82, 2.24) is 25.8 Å². The highest BCUT2D eigenvalue weighted by Gasteiger charge is 2.43. The lowest BCUT2D eigenvalue weighted by molar-refractivity contribution is -0.148. The predicted octanol–water partition coefficient (Wildman–Crippen LogP) is 2.38. The number of likely N-dealkylation sites (tertiary alicyclic amines) is 1. The van der Waals surface area contributed by atoms with Gasteiger partial charge in [0.1, 0.15) is 12.1 Å². The van der Waals surface area contributed by atoms with E-state index in [4.69, 9.17) is 9.47 Å². The zero-order valence-electron chi connectivity index (χ0n) is 33.2. The van der Waals surface area contributed by atoms with Gasteiger partial charge in [0.2, 0.25) is 23.6 Å². The summed E-state index contributed by atoms with van der Waals surface area (Å²) in [5.41, 5.74) is 0. The second kappa shape index (κ2) is 21.0. The van der Waals surface area contributed by atoms with E-state index in [0.717, 1.165) is 12.8 Å². The van der Waals surface area contributed by atoms with Gasteiger partial charge in [0.15, 0.2) is 5.78 Å². The second-order valence-electron chi connectivity index (χ2n) is 15.1. The number of carbonyl (C=O) groups excluding carboxylic acids is 5. The molecule has 0 spiro atoms. The largest absolute Gasteiger partial charge is 0.391 e. The van der Waals surface area contributed by atoms with Gasteiger partial charge in [0.05, 0.1) is 48.8 Å². The second-order valence-corrected chi connectivity index (χ2v) is 15.1. The number of aliphatic hydroxyl groups excluding tert-OH is 1. The highest BCUT2D eigenvalue weighted by Crippen LogP contribution is 2.30. The minimum atomic E-state index is -1.07. The average Bonchev–Trinajstić information content (AvgIpc) is 3.54. The first kappa shape index (κ1) is 45.4. The average molecular weight is 712 g/mol. The number of rotatable bonds is 21. The van der Waals surface area contributed by atoms with Crippen molar-refractivity contribution in [3.63, 3.8) is 0 Å². The summed E-state index contributed by atoms with van der Waals surface area (Å²) in [5.74, 6) is -2.68. The number of methoxy groups -OCH3 is 2. The maximum absolute atomic E-state index is 14.1. The van der Waals surface area contributed by atoms with Crippen molar-refractivity contribution in [2.75, 3.05) is 34.9 Å². The summed E-state index contributed by atoms with van der Waals surface area (Å²) >= 11 is 0. The van der Waals surface area contributed by atoms with E-state index in [-0.39, 0.29) is 53.6 Å². The number of nitrogens with zero attached hydrogens (tertiary/aromatic N) is 2. The maximum Gasteiger partial charge on any atom is 0.245 e. The Kier molecular flexibility index (Phi) is 19.1. The van der Waals surface area contributed by atoms with E-state index in [2.05, 4.69) is 16.0 Å². The first-order valence-electron chi connectivity index (χ1n) is 18.4. The molecule has 0 radical (unpaired) electrons. The molecule has 0 aromatic rings. The first-order valence-corrected chi connectivity index (χ1v) is 18.4. The molecular formula is C37H69N5O8. The number of likely N-dealkylation sites (N-methyl/N-ethyl adjacent to an activating group) is 2. The van der Waals surface area contributed by atoms with Crippen molar-refractivity contribution in [3.05, 3.63) is 0 Å². The number of hydrogen-bond donors (Lipinski definition) is 4. The van der Waals surface area contributed by atoms with Crippen LogP contribution in [0.5, 0.6) is 0 Å². The Bertz CT molecular complexity index is 1120. The normalized spacial score (nSPS) is 20.4. The Morgan fingerprint density at radius 1 is 0.860 bits per heavy atom. The molecule has 1 fully saturated rings. The molecule has 1 heterocycles. The number of carbonyl (C=O) groups is 5. The third-order valence-corrected chi connectivity index (χ3v) is 10.4. The fraction of sp³-hybridized carbons (Fsp3) is 0.865. The lowest BCUT2D eigenvalue weighted by Crippen LogP contribution is -2.59. The molecular weight excluding hydrogens is 642 g/mol. The summed E-state index contributed by atoms with van der Waals surface area (Å²) in [7, 11) is 6.47. The van der Waals surface area contributed by atoms with Gasteiger partial charge in [-0.15, -0.1) is 0 Å². The van der Waals surface area contributed by atoms with Crippen LogP contribution in [-0.2, 0) is 33.4 Å². The van der Waals surface area contributed by atoms with Gasteiger partial charge >= 0.3 is 0 Å². The lowest BCUT2D eigenvalue weighted by Gasteiger charge is -2.41. The van der Waals surface area contributed by atoms with E-state index in [1.165, 1.54) is 21.1 Å². The minimum absolute atomic E-state index is 0.00247. The molecule has 4 amide bonds. The molecule has 0 aromatic heterocycles. The van der Waals surface area contributed by atoms with Crippen molar-refractivity contribution in [1.29, 1.82) is 0 Å². The van der Waals surface area contributed by atoms with E-state index >= 15 is 0 Å². The number of ether oxygens (including phenoxy) is 2. The number of aliphatic hydroxyl groups is 1. The molecule has 13 heteroatoms. The van der Waals surface area contributed by atoms with Crippen molar-refractivity contribution >= 4 is 29.4 Å². The third kappa shape index (κ3) is 11.7. The molecule has 290 valence electrons. The van der Waals surface area contributed by atoms with Crippen molar-refractivity contribution < 1.29 is 38.6 Å². The molecule has 1 saturated heterocycles. The van der Waals surface area contributed by atoms with Crippen molar-refractivity contribution in [2.45, 2.75) is 143 Å². The topological polar surface area (TPSA) is 167 Å². The standard InChI is InChI=1S/C37H69N5O8/c1-15-23(8)32(41(12)37(48)30(21(4)5)39-36(47)29(38-11)20(2)3)27(49-13)19-28(44)42-18-16-17-26(42)34(50-14)24(9)35(46)40-31(25(10)43)33(45)22(6)7/h20-27,29-32,34,38,43H,15-19H2,1-14H3,(H,39,47)(H,40,46)/t23-,24+,25?,26-,27+,29-,30-,31-,32-,34?/m0/s1. The molecule has 13 nitrogen and oxygen atoms in total. The quantitative estimate of drug-likeness (QED) is 0.140. The monoisotopic (exact) mass is 712 g/mol. The summed E-state index contributed by atoms with van der Waals surface area (Å²) in [4.78, 5) is 70.8. The van der Waals surface area contributed by atoms with Crippen LogP contribution >= 0.6 is 0 Å². The molecule has 1 aliphatic rings. The van der Waals surface area contributed by atoms with Crippen LogP contribution in [0.2, 0.25) is 0 Å². The molecule has 0 aromatic carbocycles. The number of nitrogens with one attached hydrogen (secondary N) is 3. The Hall–Kier alpha value is -2.61. The smallest absolute Gasteiger partial charge is 0.245 e. The Morgan fingerprint density at radius 3 is 1.86 bits per heavy atom. The fourth-order valence-corrected chi connectivity index (χ4v) is 7.12. The van der Waals surface area contributed by atoms with Crippen LogP contribution in [0.25, 0.3) is 0 Å². The number of hydrogen-bond acceptors (Lipinski definition) is 9. The van der Waals surface area contributed by atoms with Crippen molar-refractivity contribution in [3.8, 4) is 0 Å². The highest BCUT2D eigenvalue weighted by molar-refractivity contribution is 5.92. The van der Waals surface area contributed by atoms with Gasteiger partial charge < -0.3 is 40.3 Å². The molecule has 0 bridgehead atoms. The van der Waals surface area contributed by atoms with Crippen LogP contribution in [0.3, 0.4) is 0 Å². The Morgan fingerprint density at radius 2 is 1.42 bits per heavy atom.